The molecule has 0 spiro atoms. The molecule has 1 aromatic carbocycles. The summed E-state index contributed by atoms with van der Waals surface area (Å²) in [7, 11) is 0. The minimum Gasteiger partial charge on any atom is -0.339 e. The summed E-state index contributed by atoms with van der Waals surface area (Å²) < 4.78 is 0. The maximum atomic E-state index is 11.0. The van der Waals surface area contributed by atoms with Gasteiger partial charge in [-0.3, -0.25) is 4.79 Å². The zero-order valence-corrected chi connectivity index (χ0v) is 13.8. The van der Waals surface area contributed by atoms with Crippen LogP contribution in [0.2, 0.25) is 0 Å². The smallest absolute Gasteiger partial charge is 0.247 e. The van der Waals surface area contributed by atoms with Crippen LogP contribution in [0.25, 0.3) is 0 Å². The van der Waals surface area contributed by atoms with Gasteiger partial charge < -0.3 is 15.5 Å². The average molecular weight is 326 g/mol. The van der Waals surface area contributed by atoms with Gasteiger partial charge in [-0.2, -0.15) is 10.1 Å². The van der Waals surface area contributed by atoms with Crippen molar-refractivity contribution in [2.75, 3.05) is 28.6 Å². The second kappa shape index (κ2) is 7.72. The highest BCUT2D eigenvalue weighted by Gasteiger charge is 2.13. The molecule has 0 radical (unpaired) electrons. The van der Waals surface area contributed by atoms with Crippen molar-refractivity contribution in [1.82, 2.24) is 15.2 Å². The van der Waals surface area contributed by atoms with Gasteiger partial charge in [-0.15, -0.1) is 5.10 Å². The Bertz CT molecular complexity index is 680. The fourth-order valence-electron chi connectivity index (χ4n) is 2.75. The molecule has 2 heterocycles. The van der Waals surface area contributed by atoms with E-state index in [-0.39, 0.29) is 5.91 Å². The molecule has 0 bridgehead atoms. The van der Waals surface area contributed by atoms with E-state index < -0.39 is 0 Å². The van der Waals surface area contributed by atoms with Crippen LogP contribution in [0.4, 0.5) is 23.1 Å². The van der Waals surface area contributed by atoms with Crippen molar-refractivity contribution < 1.29 is 4.79 Å². The molecule has 2 N–H and O–H groups in total. The molecule has 7 heteroatoms. The lowest BCUT2D eigenvalue weighted by Gasteiger charge is -2.19. The molecule has 1 saturated heterocycles. The van der Waals surface area contributed by atoms with Gasteiger partial charge in [0.05, 0.1) is 6.20 Å². The number of amides is 1. The Morgan fingerprint density at radius 1 is 1.04 bits per heavy atom. The van der Waals surface area contributed by atoms with Crippen LogP contribution in [0.15, 0.2) is 30.5 Å². The molecule has 0 unspecified atom stereocenters. The fourth-order valence-corrected chi connectivity index (χ4v) is 2.75. The van der Waals surface area contributed by atoms with Crippen LogP contribution in [0.1, 0.15) is 32.6 Å². The number of nitrogens with one attached hydrogen (secondary N) is 2. The van der Waals surface area contributed by atoms with Crippen molar-refractivity contribution in [2.24, 2.45) is 0 Å². The van der Waals surface area contributed by atoms with E-state index in [1.165, 1.54) is 32.6 Å². The van der Waals surface area contributed by atoms with Crippen molar-refractivity contribution in [3.8, 4) is 0 Å². The van der Waals surface area contributed by atoms with E-state index in [2.05, 4.69) is 30.7 Å². The van der Waals surface area contributed by atoms with E-state index >= 15 is 0 Å². The lowest BCUT2D eigenvalue weighted by Crippen LogP contribution is -2.26. The summed E-state index contributed by atoms with van der Waals surface area (Å²) in [6.07, 6.45) is 6.49. The van der Waals surface area contributed by atoms with Crippen LogP contribution >= 0.6 is 0 Å². The SMILES string of the molecule is CC(=O)Nc1ccc(Nc2cnnc(N3CCCCCC3)n2)cc1. The lowest BCUT2D eigenvalue weighted by molar-refractivity contribution is -0.114. The lowest BCUT2D eigenvalue weighted by atomic mass is 10.2. The molecule has 0 aliphatic carbocycles. The number of anilines is 4. The topological polar surface area (TPSA) is 83.0 Å². The minimum absolute atomic E-state index is 0.0854. The fraction of sp³-hybridized carbons (Fsp3) is 0.412. The molecular formula is C17H22N6O. The number of hydrogen-bond acceptors (Lipinski definition) is 6. The third kappa shape index (κ3) is 4.41. The van der Waals surface area contributed by atoms with Gasteiger partial charge >= 0.3 is 0 Å². The monoisotopic (exact) mass is 326 g/mol. The van der Waals surface area contributed by atoms with E-state index in [9.17, 15) is 4.79 Å². The Morgan fingerprint density at radius 3 is 2.38 bits per heavy atom. The van der Waals surface area contributed by atoms with Gasteiger partial charge in [0, 0.05) is 31.4 Å². The van der Waals surface area contributed by atoms with Gasteiger partial charge in [0.1, 0.15) is 0 Å². The summed E-state index contributed by atoms with van der Waals surface area (Å²) in [5, 5.41) is 14.2. The maximum absolute atomic E-state index is 11.0. The number of nitrogens with zero attached hydrogens (tertiary/aromatic N) is 4. The number of hydrogen-bond donors (Lipinski definition) is 2. The zero-order chi connectivity index (χ0) is 16.8. The summed E-state index contributed by atoms with van der Waals surface area (Å²) >= 11 is 0. The highest BCUT2D eigenvalue weighted by molar-refractivity contribution is 5.88. The second-order valence-electron chi connectivity index (χ2n) is 5.93. The van der Waals surface area contributed by atoms with Gasteiger partial charge in [0.15, 0.2) is 5.82 Å². The first-order valence-electron chi connectivity index (χ1n) is 8.30. The van der Waals surface area contributed by atoms with Crippen LogP contribution < -0.4 is 15.5 Å². The maximum Gasteiger partial charge on any atom is 0.247 e. The Kier molecular flexibility index (Phi) is 5.20. The Morgan fingerprint density at radius 2 is 1.71 bits per heavy atom. The third-order valence-electron chi connectivity index (χ3n) is 3.91. The molecule has 1 aromatic heterocycles. The number of carbonyl (C=O) groups is 1. The Hall–Kier alpha value is -2.70. The summed E-state index contributed by atoms with van der Waals surface area (Å²) in [4.78, 5) is 17.8. The molecule has 1 aliphatic rings. The number of benzene rings is 1. The van der Waals surface area contributed by atoms with Gasteiger partial charge in [-0.25, -0.2) is 0 Å². The average Bonchev–Trinajstić information content (AvgIpc) is 2.86. The first kappa shape index (κ1) is 16.2. The van der Waals surface area contributed by atoms with Gasteiger partial charge in [0.2, 0.25) is 11.9 Å². The van der Waals surface area contributed by atoms with Crippen molar-refractivity contribution in [3.05, 3.63) is 30.5 Å². The molecular weight excluding hydrogens is 304 g/mol. The molecule has 1 amide bonds. The van der Waals surface area contributed by atoms with Crippen LogP contribution in [0.3, 0.4) is 0 Å². The van der Waals surface area contributed by atoms with Crippen LogP contribution in [-0.4, -0.2) is 34.2 Å². The summed E-state index contributed by atoms with van der Waals surface area (Å²) in [5.74, 6) is 1.26. The van der Waals surface area contributed by atoms with Gasteiger partial charge in [-0.1, -0.05) is 12.8 Å². The standard InChI is InChI=1S/C17H22N6O/c1-13(24)19-14-6-8-15(9-7-14)20-16-12-18-22-17(21-16)23-10-4-2-3-5-11-23/h6-9,12H,2-5,10-11H2,1H3,(H,19,24)(H,20,21,22). The summed E-state index contributed by atoms with van der Waals surface area (Å²) in [6, 6.07) is 7.46. The molecule has 7 nitrogen and oxygen atoms in total. The van der Waals surface area contributed by atoms with E-state index in [1.807, 2.05) is 24.3 Å². The zero-order valence-electron chi connectivity index (χ0n) is 13.8. The van der Waals surface area contributed by atoms with Crippen molar-refractivity contribution in [2.45, 2.75) is 32.6 Å². The molecule has 0 saturated carbocycles. The minimum atomic E-state index is -0.0854. The van der Waals surface area contributed by atoms with Crippen molar-refractivity contribution >= 4 is 29.0 Å². The van der Waals surface area contributed by atoms with Crippen molar-refractivity contribution in [1.29, 1.82) is 0 Å². The van der Waals surface area contributed by atoms with Crippen LogP contribution in [0, 0.1) is 0 Å². The Labute approximate surface area is 141 Å². The van der Waals surface area contributed by atoms with E-state index in [4.69, 9.17) is 0 Å². The molecule has 3 rings (SSSR count). The molecule has 1 aliphatic heterocycles. The second-order valence-corrected chi connectivity index (χ2v) is 5.93. The van der Waals surface area contributed by atoms with Crippen molar-refractivity contribution in [3.63, 3.8) is 0 Å². The number of aromatic nitrogens is 3. The van der Waals surface area contributed by atoms with E-state index in [0.29, 0.717) is 11.8 Å². The molecule has 0 atom stereocenters. The number of carbonyl (C=O) groups excluding carboxylic acids is 1. The molecule has 1 fully saturated rings. The largest absolute Gasteiger partial charge is 0.339 e. The summed E-state index contributed by atoms with van der Waals surface area (Å²) in [6.45, 7) is 3.45. The predicted molar refractivity (Wildman–Crippen MR) is 94.5 cm³/mol. The molecule has 126 valence electrons. The quantitative estimate of drug-likeness (QED) is 0.899. The molecule has 2 aromatic rings. The third-order valence-corrected chi connectivity index (χ3v) is 3.91. The Balaban J connectivity index is 1.68. The normalized spacial score (nSPS) is 14.8. The van der Waals surface area contributed by atoms with E-state index in [1.54, 1.807) is 6.20 Å². The van der Waals surface area contributed by atoms with Crippen LogP contribution in [0.5, 0.6) is 0 Å². The summed E-state index contributed by atoms with van der Waals surface area (Å²) in [5.41, 5.74) is 1.64. The predicted octanol–water partition coefficient (Wildman–Crippen LogP) is 2.95. The first-order valence-corrected chi connectivity index (χ1v) is 8.30. The van der Waals surface area contributed by atoms with Gasteiger partial charge in [-0.05, 0) is 37.1 Å². The highest BCUT2D eigenvalue weighted by atomic mass is 16.1. The number of rotatable bonds is 4. The highest BCUT2D eigenvalue weighted by Crippen LogP contribution is 2.20. The van der Waals surface area contributed by atoms with Gasteiger partial charge in [0.25, 0.3) is 0 Å². The van der Waals surface area contributed by atoms with Crippen LogP contribution in [-0.2, 0) is 4.79 Å². The van der Waals surface area contributed by atoms with E-state index in [0.717, 1.165) is 24.5 Å². The molecule has 24 heavy (non-hydrogen) atoms. The first-order chi connectivity index (χ1) is 11.7.